The molecule has 0 spiro atoms. The number of nitrogens with two attached hydrogens (primary N) is 1. The molecule has 0 aromatic carbocycles. The zero-order chi connectivity index (χ0) is 12.4. The highest BCUT2D eigenvalue weighted by atomic mass is 32.1. The highest BCUT2D eigenvalue weighted by molar-refractivity contribution is 7.12. The summed E-state index contributed by atoms with van der Waals surface area (Å²) in [6.07, 6.45) is 0. The Balaban J connectivity index is 2.10. The lowest BCUT2D eigenvalue weighted by atomic mass is 10.2. The molecule has 1 aliphatic heterocycles. The van der Waals surface area contributed by atoms with Gasteiger partial charge < -0.3 is 16.0 Å². The molecule has 1 aromatic heterocycles. The number of carbonyl (C=O) groups excluding carboxylic acids is 2. The highest BCUT2D eigenvalue weighted by Crippen LogP contribution is 2.17. The SMILES string of the molecule is C[C@@H]1CN(C(=O)c2cc(C(N)=O)cs2)CCN1. The van der Waals surface area contributed by atoms with Crippen molar-refractivity contribution in [2.24, 2.45) is 5.73 Å². The summed E-state index contributed by atoms with van der Waals surface area (Å²) in [5, 5.41) is 4.90. The maximum absolute atomic E-state index is 12.1. The summed E-state index contributed by atoms with van der Waals surface area (Å²) in [4.78, 5) is 25.5. The van der Waals surface area contributed by atoms with E-state index < -0.39 is 5.91 Å². The van der Waals surface area contributed by atoms with Crippen LogP contribution in [0.1, 0.15) is 27.0 Å². The fourth-order valence-corrected chi connectivity index (χ4v) is 2.71. The van der Waals surface area contributed by atoms with Gasteiger partial charge in [-0.05, 0) is 13.0 Å². The lowest BCUT2D eigenvalue weighted by Gasteiger charge is -2.31. The number of nitrogens with zero attached hydrogens (tertiary/aromatic N) is 1. The Kier molecular flexibility index (Phi) is 3.44. The fraction of sp³-hybridized carbons (Fsp3) is 0.455. The maximum atomic E-state index is 12.1. The van der Waals surface area contributed by atoms with Gasteiger partial charge in [-0.1, -0.05) is 0 Å². The van der Waals surface area contributed by atoms with E-state index in [1.807, 2.05) is 6.92 Å². The van der Waals surface area contributed by atoms with E-state index >= 15 is 0 Å². The summed E-state index contributed by atoms with van der Waals surface area (Å²) in [5.74, 6) is -0.509. The zero-order valence-corrected chi connectivity index (χ0v) is 10.4. The third kappa shape index (κ3) is 2.65. The lowest BCUT2D eigenvalue weighted by molar-refractivity contribution is 0.0714. The lowest BCUT2D eigenvalue weighted by Crippen LogP contribution is -2.51. The number of amides is 2. The number of hydrogen-bond donors (Lipinski definition) is 2. The van der Waals surface area contributed by atoms with Gasteiger partial charge in [-0.3, -0.25) is 9.59 Å². The topological polar surface area (TPSA) is 75.4 Å². The molecule has 0 bridgehead atoms. The number of rotatable bonds is 2. The zero-order valence-electron chi connectivity index (χ0n) is 9.60. The van der Waals surface area contributed by atoms with Gasteiger partial charge >= 0.3 is 0 Å². The summed E-state index contributed by atoms with van der Waals surface area (Å²) < 4.78 is 0. The first-order valence-electron chi connectivity index (χ1n) is 5.49. The smallest absolute Gasteiger partial charge is 0.264 e. The van der Waals surface area contributed by atoms with Crippen LogP contribution in [0.3, 0.4) is 0 Å². The largest absolute Gasteiger partial charge is 0.366 e. The van der Waals surface area contributed by atoms with Crippen molar-refractivity contribution in [1.29, 1.82) is 0 Å². The third-order valence-electron chi connectivity index (χ3n) is 2.75. The van der Waals surface area contributed by atoms with Crippen LogP contribution in [0.4, 0.5) is 0 Å². The number of piperazine rings is 1. The molecule has 2 amide bonds. The van der Waals surface area contributed by atoms with E-state index in [-0.39, 0.29) is 5.91 Å². The minimum absolute atomic E-state index is 0.0177. The first-order valence-corrected chi connectivity index (χ1v) is 6.37. The molecule has 0 radical (unpaired) electrons. The summed E-state index contributed by atoms with van der Waals surface area (Å²) in [5.41, 5.74) is 5.56. The van der Waals surface area contributed by atoms with Gasteiger partial charge in [0.15, 0.2) is 0 Å². The van der Waals surface area contributed by atoms with Crippen LogP contribution in [0, 0.1) is 0 Å². The molecule has 0 aliphatic carbocycles. The van der Waals surface area contributed by atoms with E-state index in [9.17, 15) is 9.59 Å². The summed E-state index contributed by atoms with van der Waals surface area (Å²) in [7, 11) is 0. The molecule has 0 saturated carbocycles. The maximum Gasteiger partial charge on any atom is 0.264 e. The van der Waals surface area contributed by atoms with Crippen LogP contribution in [-0.2, 0) is 0 Å². The highest BCUT2D eigenvalue weighted by Gasteiger charge is 2.23. The van der Waals surface area contributed by atoms with Crippen molar-refractivity contribution in [2.45, 2.75) is 13.0 Å². The van der Waals surface area contributed by atoms with E-state index in [0.717, 1.165) is 6.54 Å². The van der Waals surface area contributed by atoms with Crippen LogP contribution in [0.5, 0.6) is 0 Å². The van der Waals surface area contributed by atoms with Crippen molar-refractivity contribution in [3.05, 3.63) is 21.9 Å². The Morgan fingerprint density at radius 2 is 2.35 bits per heavy atom. The number of carbonyl (C=O) groups is 2. The van der Waals surface area contributed by atoms with Gasteiger partial charge in [-0.25, -0.2) is 0 Å². The normalized spacial score (nSPS) is 20.3. The Morgan fingerprint density at radius 1 is 1.59 bits per heavy atom. The van der Waals surface area contributed by atoms with Crippen molar-refractivity contribution in [2.75, 3.05) is 19.6 Å². The van der Waals surface area contributed by atoms with Gasteiger partial charge in [0.05, 0.1) is 10.4 Å². The number of thiophene rings is 1. The van der Waals surface area contributed by atoms with E-state index in [1.165, 1.54) is 11.3 Å². The van der Waals surface area contributed by atoms with Crippen LogP contribution in [0.25, 0.3) is 0 Å². The molecule has 0 unspecified atom stereocenters. The molecule has 1 aliphatic rings. The van der Waals surface area contributed by atoms with Crippen LogP contribution in [0.15, 0.2) is 11.4 Å². The van der Waals surface area contributed by atoms with Crippen molar-refractivity contribution < 1.29 is 9.59 Å². The number of nitrogens with one attached hydrogen (secondary N) is 1. The first kappa shape index (κ1) is 12.1. The van der Waals surface area contributed by atoms with Crippen molar-refractivity contribution >= 4 is 23.2 Å². The van der Waals surface area contributed by atoms with Gasteiger partial charge in [0.1, 0.15) is 0 Å². The molecule has 17 heavy (non-hydrogen) atoms. The van der Waals surface area contributed by atoms with Gasteiger partial charge in [-0.2, -0.15) is 0 Å². The quantitative estimate of drug-likeness (QED) is 0.795. The molecule has 2 heterocycles. The van der Waals surface area contributed by atoms with Crippen molar-refractivity contribution in [3.8, 4) is 0 Å². The van der Waals surface area contributed by atoms with E-state index in [2.05, 4.69) is 5.32 Å². The van der Waals surface area contributed by atoms with Gasteiger partial charge in [0.25, 0.3) is 5.91 Å². The Bertz CT molecular complexity index is 444. The number of hydrogen-bond acceptors (Lipinski definition) is 4. The Labute approximate surface area is 104 Å². The standard InChI is InChI=1S/C11H15N3O2S/c1-7-5-14(3-2-13-7)11(16)9-4-8(6-17-9)10(12)15/h4,6-7,13H,2-3,5H2,1H3,(H2,12,15)/t7-/m1/s1. The van der Waals surface area contributed by atoms with Crippen LogP contribution < -0.4 is 11.1 Å². The third-order valence-corrected chi connectivity index (χ3v) is 3.67. The van der Waals surface area contributed by atoms with Crippen molar-refractivity contribution in [3.63, 3.8) is 0 Å². The van der Waals surface area contributed by atoms with Gasteiger partial charge in [0, 0.05) is 31.1 Å². The average molecular weight is 253 g/mol. The molecule has 6 heteroatoms. The molecule has 1 fully saturated rings. The molecule has 1 saturated heterocycles. The average Bonchev–Trinajstić information content (AvgIpc) is 2.77. The van der Waals surface area contributed by atoms with Crippen LogP contribution in [0.2, 0.25) is 0 Å². The first-order chi connectivity index (χ1) is 8.08. The van der Waals surface area contributed by atoms with Crippen LogP contribution in [-0.4, -0.2) is 42.4 Å². The summed E-state index contributed by atoms with van der Waals surface area (Å²) in [6.45, 7) is 4.25. The Morgan fingerprint density at radius 3 is 2.94 bits per heavy atom. The van der Waals surface area contributed by atoms with Crippen molar-refractivity contribution in [1.82, 2.24) is 10.2 Å². The Hall–Kier alpha value is -1.40. The molecule has 1 atom stereocenters. The monoisotopic (exact) mass is 253 g/mol. The van der Waals surface area contributed by atoms with Gasteiger partial charge in [-0.15, -0.1) is 11.3 Å². The molecule has 1 aromatic rings. The second-order valence-electron chi connectivity index (χ2n) is 4.17. The predicted molar refractivity (Wildman–Crippen MR) is 66.2 cm³/mol. The molecule has 2 rings (SSSR count). The van der Waals surface area contributed by atoms with Crippen LogP contribution >= 0.6 is 11.3 Å². The molecular weight excluding hydrogens is 238 g/mol. The molecule has 5 nitrogen and oxygen atoms in total. The van der Waals surface area contributed by atoms with E-state index in [0.29, 0.717) is 29.6 Å². The second-order valence-corrected chi connectivity index (χ2v) is 5.08. The predicted octanol–water partition coefficient (Wildman–Crippen LogP) is 0.281. The minimum Gasteiger partial charge on any atom is -0.366 e. The molecular formula is C11H15N3O2S. The van der Waals surface area contributed by atoms with E-state index in [4.69, 9.17) is 5.73 Å². The van der Waals surface area contributed by atoms with Gasteiger partial charge in [0.2, 0.25) is 5.91 Å². The molecule has 3 N–H and O–H groups in total. The summed E-state index contributed by atoms with van der Waals surface area (Å²) >= 11 is 1.27. The van der Waals surface area contributed by atoms with E-state index in [1.54, 1.807) is 16.3 Å². The summed E-state index contributed by atoms with van der Waals surface area (Å²) in [6, 6.07) is 1.88. The fourth-order valence-electron chi connectivity index (χ4n) is 1.85. The molecule has 92 valence electrons. The minimum atomic E-state index is -0.492. The second kappa shape index (κ2) is 4.85. The number of primary amides is 1.